The summed E-state index contributed by atoms with van der Waals surface area (Å²) in [5.74, 6) is -0.0646. The molecule has 1 aliphatic rings. The fraction of sp³-hybridized carbons (Fsp3) is 0.188. The van der Waals surface area contributed by atoms with Crippen LogP contribution in [0.2, 0.25) is 0 Å². The molecule has 3 rings (SSSR count). The van der Waals surface area contributed by atoms with E-state index in [2.05, 4.69) is 0 Å². The molecule has 0 radical (unpaired) electrons. The maximum Gasteiger partial charge on any atom is 0.268 e. The van der Waals surface area contributed by atoms with Crippen molar-refractivity contribution >= 4 is 11.6 Å². The third-order valence-corrected chi connectivity index (χ3v) is 3.54. The number of carbonyl (C=O) groups is 1. The molecule has 1 heterocycles. The summed E-state index contributed by atoms with van der Waals surface area (Å²) in [5.41, 5.74) is 0.941. The van der Waals surface area contributed by atoms with Crippen molar-refractivity contribution in [3.63, 3.8) is 0 Å². The van der Waals surface area contributed by atoms with Crippen molar-refractivity contribution in [3.05, 3.63) is 53.8 Å². The highest BCUT2D eigenvalue weighted by atomic mass is 19.1. The highest BCUT2D eigenvalue weighted by molar-refractivity contribution is 5.99. The summed E-state index contributed by atoms with van der Waals surface area (Å²) >= 11 is 0. The van der Waals surface area contributed by atoms with E-state index in [1.165, 1.54) is 23.1 Å². The van der Waals surface area contributed by atoms with Crippen LogP contribution in [-0.2, 0) is 11.2 Å². The van der Waals surface area contributed by atoms with Crippen LogP contribution in [0.15, 0.2) is 42.5 Å². The highest BCUT2D eigenvalue weighted by Crippen LogP contribution is 2.36. The van der Waals surface area contributed by atoms with Gasteiger partial charge in [-0.05, 0) is 23.8 Å². The van der Waals surface area contributed by atoms with E-state index in [-0.39, 0.29) is 23.9 Å². The summed E-state index contributed by atoms with van der Waals surface area (Å²) in [6, 6.07) is 10.9. The number of hydrogen-bond acceptors (Lipinski definition) is 3. The molecule has 0 fully saturated rings. The van der Waals surface area contributed by atoms with Crippen molar-refractivity contribution in [2.24, 2.45) is 0 Å². The molecule has 4 nitrogen and oxygen atoms in total. The third kappa shape index (κ3) is 2.42. The van der Waals surface area contributed by atoms with Crippen molar-refractivity contribution in [2.75, 3.05) is 11.9 Å². The Morgan fingerprint density at radius 1 is 1.29 bits per heavy atom. The van der Waals surface area contributed by atoms with E-state index in [0.717, 1.165) is 0 Å². The number of nitrogens with zero attached hydrogens (tertiary/aromatic N) is 1. The fourth-order valence-electron chi connectivity index (χ4n) is 2.40. The maximum absolute atomic E-state index is 13.7. The van der Waals surface area contributed by atoms with Crippen LogP contribution in [0, 0.1) is 5.82 Å². The smallest absolute Gasteiger partial charge is 0.268 e. The van der Waals surface area contributed by atoms with E-state index >= 15 is 0 Å². The average molecular weight is 287 g/mol. The standard InChI is InChI=1S/C16H14FNO3/c1-18-13-9-11(19)6-7-14(13)21-15(16(18)20)8-10-4-2-3-5-12(10)17/h2-7,9,15,19H,8H2,1H3. The van der Waals surface area contributed by atoms with Crippen LogP contribution in [0.25, 0.3) is 0 Å². The largest absolute Gasteiger partial charge is 0.508 e. The molecule has 1 N–H and O–H groups in total. The molecule has 1 amide bonds. The van der Waals surface area contributed by atoms with E-state index in [0.29, 0.717) is 17.0 Å². The van der Waals surface area contributed by atoms with E-state index < -0.39 is 6.10 Å². The van der Waals surface area contributed by atoms with Gasteiger partial charge in [-0.15, -0.1) is 0 Å². The monoisotopic (exact) mass is 287 g/mol. The summed E-state index contributed by atoms with van der Waals surface area (Å²) in [6.45, 7) is 0. The van der Waals surface area contributed by atoms with Crippen LogP contribution in [0.1, 0.15) is 5.56 Å². The SMILES string of the molecule is CN1C(=O)C(Cc2ccccc2F)Oc2ccc(O)cc21. The second kappa shape index (κ2) is 5.09. The molecule has 1 atom stereocenters. The molecule has 1 aliphatic heterocycles. The second-order valence-corrected chi connectivity index (χ2v) is 4.95. The first-order valence-electron chi connectivity index (χ1n) is 6.57. The van der Waals surface area contributed by atoms with Gasteiger partial charge in [0.2, 0.25) is 0 Å². The first kappa shape index (κ1) is 13.4. The number of phenols is 1. The minimum Gasteiger partial charge on any atom is -0.508 e. The zero-order chi connectivity index (χ0) is 15.0. The van der Waals surface area contributed by atoms with Crippen LogP contribution in [0.5, 0.6) is 11.5 Å². The van der Waals surface area contributed by atoms with Gasteiger partial charge >= 0.3 is 0 Å². The fourth-order valence-corrected chi connectivity index (χ4v) is 2.40. The maximum atomic E-state index is 13.7. The Balaban J connectivity index is 1.90. The molecule has 1 unspecified atom stereocenters. The molecule has 108 valence electrons. The zero-order valence-corrected chi connectivity index (χ0v) is 11.4. The number of ether oxygens (including phenoxy) is 1. The Kier molecular flexibility index (Phi) is 3.25. The van der Waals surface area contributed by atoms with Crippen LogP contribution < -0.4 is 9.64 Å². The van der Waals surface area contributed by atoms with Gasteiger partial charge in [0.1, 0.15) is 17.3 Å². The highest BCUT2D eigenvalue weighted by Gasteiger charge is 2.33. The Bertz CT molecular complexity index is 702. The third-order valence-electron chi connectivity index (χ3n) is 3.54. The quantitative estimate of drug-likeness (QED) is 0.923. The number of aromatic hydroxyl groups is 1. The Morgan fingerprint density at radius 2 is 2.05 bits per heavy atom. The number of phenolic OH excluding ortho intramolecular Hbond substituents is 1. The number of rotatable bonds is 2. The van der Waals surface area contributed by atoms with Gasteiger partial charge in [-0.2, -0.15) is 0 Å². The number of hydrogen-bond donors (Lipinski definition) is 1. The molecule has 0 aromatic heterocycles. The number of carbonyl (C=O) groups excluding carboxylic acids is 1. The van der Waals surface area contributed by atoms with Crippen LogP contribution in [-0.4, -0.2) is 24.2 Å². The molecular weight excluding hydrogens is 273 g/mol. The van der Waals surface area contributed by atoms with Gasteiger partial charge in [-0.25, -0.2) is 4.39 Å². The summed E-state index contributed by atoms with van der Waals surface area (Å²) < 4.78 is 19.4. The van der Waals surface area contributed by atoms with Gasteiger partial charge in [-0.1, -0.05) is 18.2 Å². The number of likely N-dealkylation sites (N-methyl/N-ethyl adjacent to an activating group) is 1. The molecule has 0 spiro atoms. The predicted molar refractivity (Wildman–Crippen MR) is 76.0 cm³/mol. The van der Waals surface area contributed by atoms with E-state index in [9.17, 15) is 14.3 Å². The first-order valence-corrected chi connectivity index (χ1v) is 6.57. The second-order valence-electron chi connectivity index (χ2n) is 4.95. The first-order chi connectivity index (χ1) is 10.1. The minimum atomic E-state index is -0.774. The van der Waals surface area contributed by atoms with Crippen LogP contribution in [0.3, 0.4) is 0 Å². The molecule has 0 bridgehead atoms. The molecule has 0 saturated heterocycles. The van der Waals surface area contributed by atoms with Gasteiger partial charge in [-0.3, -0.25) is 4.79 Å². The van der Waals surface area contributed by atoms with Crippen molar-refractivity contribution in [1.82, 2.24) is 0 Å². The number of anilines is 1. The van der Waals surface area contributed by atoms with Gasteiger partial charge in [0.15, 0.2) is 6.10 Å². The molecule has 2 aromatic rings. The predicted octanol–water partition coefficient (Wildman–Crippen LogP) is 2.50. The summed E-state index contributed by atoms with van der Waals surface area (Å²) in [6.07, 6.45) is -0.611. The van der Waals surface area contributed by atoms with Gasteiger partial charge in [0.05, 0.1) is 5.69 Å². The van der Waals surface area contributed by atoms with E-state index in [1.54, 1.807) is 31.3 Å². The van der Waals surface area contributed by atoms with Crippen LogP contribution in [0.4, 0.5) is 10.1 Å². The molecular formula is C16H14FNO3. The Hall–Kier alpha value is -2.56. The number of amides is 1. The summed E-state index contributed by atoms with van der Waals surface area (Å²) in [7, 11) is 1.61. The molecule has 5 heteroatoms. The molecule has 21 heavy (non-hydrogen) atoms. The topological polar surface area (TPSA) is 49.8 Å². The van der Waals surface area contributed by atoms with Crippen molar-refractivity contribution < 1.29 is 19.0 Å². The summed E-state index contributed by atoms with van der Waals surface area (Å²) in [4.78, 5) is 13.7. The lowest BCUT2D eigenvalue weighted by molar-refractivity contribution is -0.125. The zero-order valence-electron chi connectivity index (χ0n) is 11.4. The van der Waals surface area contributed by atoms with Crippen molar-refractivity contribution in [1.29, 1.82) is 0 Å². The van der Waals surface area contributed by atoms with Crippen molar-refractivity contribution in [3.8, 4) is 11.5 Å². The molecule has 0 aliphatic carbocycles. The lowest BCUT2D eigenvalue weighted by atomic mass is 10.0. The lowest BCUT2D eigenvalue weighted by Gasteiger charge is -2.32. The van der Waals surface area contributed by atoms with Crippen molar-refractivity contribution in [2.45, 2.75) is 12.5 Å². The van der Waals surface area contributed by atoms with E-state index in [1.807, 2.05) is 0 Å². The lowest BCUT2D eigenvalue weighted by Crippen LogP contribution is -2.45. The van der Waals surface area contributed by atoms with E-state index in [4.69, 9.17) is 4.74 Å². The van der Waals surface area contributed by atoms with Crippen LogP contribution >= 0.6 is 0 Å². The van der Waals surface area contributed by atoms with Gasteiger partial charge in [0, 0.05) is 19.5 Å². The number of fused-ring (bicyclic) bond motifs is 1. The molecule has 0 saturated carbocycles. The minimum absolute atomic E-state index is 0.0598. The molecule has 2 aromatic carbocycles. The van der Waals surface area contributed by atoms with Gasteiger partial charge < -0.3 is 14.7 Å². The normalized spacial score (nSPS) is 17.3. The van der Waals surface area contributed by atoms with Gasteiger partial charge in [0.25, 0.3) is 5.91 Å². The Morgan fingerprint density at radius 3 is 2.81 bits per heavy atom. The number of halogens is 1. The summed E-state index contributed by atoms with van der Waals surface area (Å²) in [5, 5.41) is 9.49. The Labute approximate surface area is 121 Å². The number of benzene rings is 2. The average Bonchev–Trinajstić information content (AvgIpc) is 2.47.